The average Bonchev–Trinajstić information content (AvgIpc) is 3.60. The predicted molar refractivity (Wildman–Crippen MR) is 216 cm³/mol. The zero-order valence-corrected chi connectivity index (χ0v) is 33.0. The monoisotopic (exact) mass is 879 g/mol. The second-order valence-electron chi connectivity index (χ2n) is 14.9. The first-order chi connectivity index (χ1) is 27.7. The second-order valence-corrected chi connectivity index (χ2v) is 14.9. The van der Waals surface area contributed by atoms with E-state index in [0.717, 1.165) is 44.1 Å². The molecule has 1 radical (unpaired) electrons. The molecule has 8 rings (SSSR count). The second kappa shape index (κ2) is 15.6. The van der Waals surface area contributed by atoms with Gasteiger partial charge >= 0.3 is 0 Å². The molecule has 0 unspecified atom stereocenters. The van der Waals surface area contributed by atoms with Gasteiger partial charge in [0.2, 0.25) is 0 Å². The Hall–Kier alpha value is -4.96. The molecule has 53 heavy (non-hydrogen) atoms. The first kappa shape index (κ1) is 29.5. The third-order valence-corrected chi connectivity index (χ3v) is 8.32. The number of furan rings is 1. The minimum Gasteiger partial charge on any atom is -0.498 e. The summed E-state index contributed by atoms with van der Waals surface area (Å²) in [5, 5.41) is 2.72. The van der Waals surface area contributed by atoms with Crippen molar-refractivity contribution in [2.24, 2.45) is 10.8 Å². The summed E-state index contributed by atoms with van der Waals surface area (Å²) in [7, 11) is 0. The number of rotatable bonds is 5. The Kier molecular flexibility index (Phi) is 8.66. The van der Waals surface area contributed by atoms with Gasteiger partial charge in [0.1, 0.15) is 11.1 Å². The van der Waals surface area contributed by atoms with Crippen molar-refractivity contribution >= 4 is 32.8 Å². The summed E-state index contributed by atoms with van der Waals surface area (Å²) < 4.78 is 64.5. The van der Waals surface area contributed by atoms with Gasteiger partial charge < -0.3 is 14.4 Å². The summed E-state index contributed by atoms with van der Waals surface area (Å²) >= 11 is 0. The number of fused-ring (bicyclic) bond motifs is 5. The number of benzene rings is 4. The van der Waals surface area contributed by atoms with E-state index in [1.807, 2.05) is 112 Å². The number of aryl methyl sites for hydroxylation is 1. The van der Waals surface area contributed by atoms with E-state index < -0.39 is 30.4 Å². The van der Waals surface area contributed by atoms with Crippen LogP contribution in [0.3, 0.4) is 0 Å². The molecule has 4 aromatic heterocycles. The Morgan fingerprint density at radius 1 is 0.679 bits per heavy atom. The fourth-order valence-electron chi connectivity index (χ4n) is 6.12. The smallest absolute Gasteiger partial charge is 0.147 e. The van der Waals surface area contributed by atoms with Gasteiger partial charge in [0.05, 0.1) is 5.58 Å². The maximum absolute atomic E-state index is 8.79. The van der Waals surface area contributed by atoms with E-state index in [1.54, 1.807) is 39.2 Å². The van der Waals surface area contributed by atoms with Crippen LogP contribution in [-0.2, 0) is 32.9 Å². The number of hydrogen-bond acceptors (Lipinski definition) is 4. The number of aromatic nitrogens is 3. The molecule has 0 atom stereocenters. The first-order valence-electron chi connectivity index (χ1n) is 20.8. The Labute approximate surface area is 336 Å². The largest absolute Gasteiger partial charge is 0.498 e. The van der Waals surface area contributed by atoms with Crippen LogP contribution in [0.25, 0.3) is 66.5 Å². The van der Waals surface area contributed by atoms with Crippen molar-refractivity contribution in [2.75, 3.05) is 0 Å². The zero-order valence-electron chi connectivity index (χ0n) is 37.6. The first-order valence-corrected chi connectivity index (χ1v) is 17.3. The van der Waals surface area contributed by atoms with E-state index in [4.69, 9.17) is 14.0 Å². The van der Waals surface area contributed by atoms with Crippen LogP contribution in [-0.4, -0.2) is 15.0 Å². The van der Waals surface area contributed by atoms with Crippen LogP contribution in [0, 0.1) is 29.8 Å². The summed E-state index contributed by atoms with van der Waals surface area (Å²) in [4.78, 5) is 13.3. The normalized spacial score (nSPS) is 14.4. The SMILES string of the molecule is [2H]C([2H])([2H])c1cnc(-c2[c-]ccc3c2oc2c3ccc3cccnc32)cc1C([2H])([2H])C(C)(C)C.[2H]C([2H])(c1ccc(-c2ccnc(-c3[c-]cccc3)c2)cc1)C(C)(C)C.[Ir]. The Balaban J connectivity index is 0.000000207. The Morgan fingerprint density at radius 2 is 1.47 bits per heavy atom. The van der Waals surface area contributed by atoms with Gasteiger partial charge in [-0.15, -0.1) is 54.1 Å². The van der Waals surface area contributed by atoms with Crippen LogP contribution in [0.5, 0.6) is 0 Å². The number of nitrogens with zero attached hydrogens (tertiary/aromatic N) is 3. The van der Waals surface area contributed by atoms with Crippen molar-refractivity contribution in [3.05, 3.63) is 151 Å². The third kappa shape index (κ3) is 8.82. The fraction of sp³-hybridized carbons (Fsp3) is 0.229. The Bertz CT molecular complexity index is 2790. The molecule has 0 aliphatic heterocycles. The Morgan fingerprint density at radius 3 is 2.21 bits per heavy atom. The summed E-state index contributed by atoms with van der Waals surface area (Å²) in [6.07, 6.45) is 1.48. The minimum atomic E-state index is -2.50. The molecule has 0 aliphatic rings. The standard InChI is InChI=1S/C26H23N2O.C22H22N.Ir/c1-16-15-28-22(13-18(16)14-26(2,3)4)21-9-5-8-19-20-11-10-17-7-6-12-27-23(17)25(20)29-24(19)21;1-22(2,3)16-17-9-11-18(12-10-17)20-13-14-23-21(15-20)19-7-5-4-6-8-19;/h5-8,10-13,15H,14H2,1-4H3;4-7,9-15H,16H2,1-3H3;/q2*-1;/i1D3,14D2;16D2;. The molecule has 8 aromatic rings. The van der Waals surface area contributed by atoms with Crippen LogP contribution in [0.15, 0.2) is 126 Å². The van der Waals surface area contributed by atoms with Gasteiger partial charge in [0.25, 0.3) is 0 Å². The molecule has 4 heterocycles. The molecule has 4 aromatic carbocycles. The van der Waals surface area contributed by atoms with Gasteiger partial charge in [-0.2, -0.15) is 0 Å². The molecule has 269 valence electrons. The van der Waals surface area contributed by atoms with Gasteiger partial charge in [-0.1, -0.05) is 113 Å². The van der Waals surface area contributed by atoms with E-state index in [0.29, 0.717) is 28.0 Å². The molecule has 0 fully saturated rings. The van der Waals surface area contributed by atoms with Gasteiger partial charge in [0, 0.05) is 59.1 Å². The summed E-state index contributed by atoms with van der Waals surface area (Å²) in [6.45, 7) is 8.52. The number of hydrogen-bond donors (Lipinski definition) is 0. The van der Waals surface area contributed by atoms with Crippen molar-refractivity contribution in [1.82, 2.24) is 15.0 Å². The van der Waals surface area contributed by atoms with Gasteiger partial charge in [-0.05, 0) is 76.2 Å². The van der Waals surface area contributed by atoms with Crippen molar-refractivity contribution < 1.29 is 34.1 Å². The van der Waals surface area contributed by atoms with Gasteiger partial charge in [-0.3, -0.25) is 4.98 Å². The molecule has 0 amide bonds. The van der Waals surface area contributed by atoms with Crippen molar-refractivity contribution in [3.8, 4) is 33.6 Å². The minimum absolute atomic E-state index is 0. The molecule has 0 saturated carbocycles. The molecule has 4 nitrogen and oxygen atoms in total. The molecule has 0 aliphatic carbocycles. The zero-order chi connectivity index (χ0) is 42.5. The van der Waals surface area contributed by atoms with E-state index in [1.165, 1.54) is 12.3 Å². The quantitative estimate of drug-likeness (QED) is 0.162. The maximum Gasteiger partial charge on any atom is 0.147 e. The van der Waals surface area contributed by atoms with Crippen LogP contribution >= 0.6 is 0 Å². The van der Waals surface area contributed by atoms with E-state index in [-0.39, 0.29) is 31.2 Å². The van der Waals surface area contributed by atoms with Crippen LogP contribution < -0.4 is 0 Å². The summed E-state index contributed by atoms with van der Waals surface area (Å²) in [6, 6.07) is 38.9. The number of pyridine rings is 3. The molecule has 5 heteroatoms. The summed E-state index contributed by atoms with van der Waals surface area (Å²) in [5.41, 5.74) is 6.25. The van der Waals surface area contributed by atoms with Crippen LogP contribution in [0.2, 0.25) is 0 Å². The van der Waals surface area contributed by atoms with E-state index >= 15 is 0 Å². The molecule has 0 saturated heterocycles. The van der Waals surface area contributed by atoms with Gasteiger partial charge in [0.15, 0.2) is 0 Å². The molecular weight excluding hydrogens is 827 g/mol. The fourth-order valence-corrected chi connectivity index (χ4v) is 6.12. The van der Waals surface area contributed by atoms with Crippen LogP contribution in [0.1, 0.15) is 67.8 Å². The van der Waals surface area contributed by atoms with Crippen molar-refractivity contribution in [3.63, 3.8) is 0 Å². The topological polar surface area (TPSA) is 51.8 Å². The molecule has 0 bridgehead atoms. The molecule has 0 N–H and O–H groups in total. The maximum atomic E-state index is 8.79. The van der Waals surface area contributed by atoms with Crippen molar-refractivity contribution in [1.29, 1.82) is 0 Å². The molecular formula is C48H45IrN3O-2. The third-order valence-electron chi connectivity index (χ3n) is 8.32. The van der Waals surface area contributed by atoms with E-state index in [2.05, 4.69) is 27.1 Å². The summed E-state index contributed by atoms with van der Waals surface area (Å²) in [5.74, 6) is 0. The van der Waals surface area contributed by atoms with E-state index in [9.17, 15) is 0 Å². The molecule has 0 spiro atoms. The van der Waals surface area contributed by atoms with Gasteiger partial charge in [-0.25, -0.2) is 0 Å². The predicted octanol–water partition coefficient (Wildman–Crippen LogP) is 12.7. The van der Waals surface area contributed by atoms with Crippen molar-refractivity contribution in [2.45, 2.75) is 61.1 Å². The van der Waals surface area contributed by atoms with Crippen LogP contribution in [0.4, 0.5) is 0 Å². The average molecular weight is 879 g/mol.